The number of aromatic nitrogens is 2. The van der Waals surface area contributed by atoms with Crippen molar-refractivity contribution in [2.75, 3.05) is 5.73 Å². The van der Waals surface area contributed by atoms with Crippen LogP contribution in [0.25, 0.3) is 0 Å². The first-order valence-corrected chi connectivity index (χ1v) is 4.75. The molecule has 3 heteroatoms. The van der Waals surface area contributed by atoms with Gasteiger partial charge in [-0.1, -0.05) is 18.2 Å². The van der Waals surface area contributed by atoms with E-state index in [2.05, 4.69) is 17.3 Å². The second kappa shape index (κ2) is 4.65. The third kappa shape index (κ3) is 2.49. The SMILES string of the molecule is CC=CC(=CC)Cn1nc(C)cc1N. The molecule has 2 N–H and O–H groups in total. The van der Waals surface area contributed by atoms with E-state index in [0.717, 1.165) is 12.2 Å². The highest BCUT2D eigenvalue weighted by molar-refractivity contribution is 5.32. The van der Waals surface area contributed by atoms with Gasteiger partial charge >= 0.3 is 0 Å². The molecule has 0 saturated heterocycles. The van der Waals surface area contributed by atoms with Gasteiger partial charge in [0.15, 0.2) is 0 Å². The van der Waals surface area contributed by atoms with Gasteiger partial charge < -0.3 is 5.73 Å². The zero-order valence-corrected chi connectivity index (χ0v) is 8.99. The van der Waals surface area contributed by atoms with Crippen LogP contribution in [0.4, 0.5) is 5.82 Å². The Morgan fingerprint density at radius 2 is 2.29 bits per heavy atom. The van der Waals surface area contributed by atoms with Crippen LogP contribution in [0.15, 0.2) is 29.9 Å². The Morgan fingerprint density at radius 3 is 2.71 bits per heavy atom. The summed E-state index contributed by atoms with van der Waals surface area (Å²) in [7, 11) is 0. The van der Waals surface area contributed by atoms with Crippen LogP contribution in [-0.2, 0) is 6.54 Å². The minimum absolute atomic E-state index is 0.714. The Bertz CT molecular complexity index is 359. The molecule has 0 aliphatic heterocycles. The molecule has 0 radical (unpaired) electrons. The average molecular weight is 191 g/mol. The number of allylic oxidation sites excluding steroid dienone is 4. The summed E-state index contributed by atoms with van der Waals surface area (Å²) in [5.74, 6) is 0.714. The first kappa shape index (κ1) is 10.6. The normalized spacial score (nSPS) is 12.6. The van der Waals surface area contributed by atoms with Gasteiger partial charge in [-0.2, -0.15) is 5.10 Å². The minimum Gasteiger partial charge on any atom is -0.384 e. The second-order valence-electron chi connectivity index (χ2n) is 3.23. The molecule has 0 aliphatic rings. The first-order chi connectivity index (χ1) is 6.67. The van der Waals surface area contributed by atoms with E-state index < -0.39 is 0 Å². The summed E-state index contributed by atoms with van der Waals surface area (Å²) in [6.07, 6.45) is 6.15. The van der Waals surface area contributed by atoms with Crippen LogP contribution in [0.1, 0.15) is 19.5 Å². The van der Waals surface area contributed by atoms with Crippen molar-refractivity contribution in [1.29, 1.82) is 0 Å². The summed E-state index contributed by atoms with van der Waals surface area (Å²) in [6.45, 7) is 6.70. The Hall–Kier alpha value is -1.51. The summed E-state index contributed by atoms with van der Waals surface area (Å²) in [6, 6.07) is 1.88. The lowest BCUT2D eigenvalue weighted by Gasteiger charge is -2.04. The highest BCUT2D eigenvalue weighted by Gasteiger charge is 2.01. The summed E-state index contributed by atoms with van der Waals surface area (Å²) >= 11 is 0. The van der Waals surface area contributed by atoms with Crippen molar-refractivity contribution in [3.63, 3.8) is 0 Å². The molecule has 1 aromatic heterocycles. The van der Waals surface area contributed by atoms with Crippen molar-refractivity contribution < 1.29 is 0 Å². The third-order valence-electron chi connectivity index (χ3n) is 2.02. The summed E-state index contributed by atoms with van der Waals surface area (Å²) < 4.78 is 1.81. The molecule has 0 unspecified atom stereocenters. The minimum atomic E-state index is 0.714. The number of anilines is 1. The topological polar surface area (TPSA) is 43.8 Å². The summed E-state index contributed by atoms with van der Waals surface area (Å²) in [5.41, 5.74) is 7.96. The van der Waals surface area contributed by atoms with E-state index in [-0.39, 0.29) is 0 Å². The second-order valence-corrected chi connectivity index (χ2v) is 3.23. The Labute approximate surface area is 84.9 Å². The smallest absolute Gasteiger partial charge is 0.122 e. The Balaban J connectivity index is 2.82. The van der Waals surface area contributed by atoms with Crippen LogP contribution in [0, 0.1) is 6.92 Å². The van der Waals surface area contributed by atoms with Crippen molar-refractivity contribution >= 4 is 5.82 Å². The number of rotatable bonds is 3. The molecule has 0 aromatic carbocycles. The van der Waals surface area contributed by atoms with Gasteiger partial charge in [-0.25, -0.2) is 4.68 Å². The Morgan fingerprint density at radius 1 is 1.57 bits per heavy atom. The van der Waals surface area contributed by atoms with Crippen molar-refractivity contribution in [2.45, 2.75) is 27.3 Å². The maximum atomic E-state index is 5.79. The van der Waals surface area contributed by atoms with Gasteiger partial charge in [0.2, 0.25) is 0 Å². The molecule has 3 nitrogen and oxygen atoms in total. The van der Waals surface area contributed by atoms with Crippen LogP contribution in [0.5, 0.6) is 0 Å². The maximum Gasteiger partial charge on any atom is 0.122 e. The van der Waals surface area contributed by atoms with E-state index in [1.54, 1.807) is 0 Å². The molecule has 14 heavy (non-hydrogen) atoms. The number of hydrogen-bond donors (Lipinski definition) is 1. The van der Waals surface area contributed by atoms with Crippen LogP contribution in [0.2, 0.25) is 0 Å². The highest BCUT2D eigenvalue weighted by atomic mass is 15.3. The van der Waals surface area contributed by atoms with Crippen LogP contribution < -0.4 is 5.73 Å². The highest BCUT2D eigenvalue weighted by Crippen LogP contribution is 2.09. The van der Waals surface area contributed by atoms with Crippen molar-refractivity contribution in [1.82, 2.24) is 9.78 Å². The fraction of sp³-hybridized carbons (Fsp3) is 0.364. The van der Waals surface area contributed by atoms with E-state index in [1.807, 2.05) is 37.6 Å². The van der Waals surface area contributed by atoms with Gasteiger partial charge in [-0.15, -0.1) is 0 Å². The Kier molecular flexibility index (Phi) is 3.51. The molecule has 0 spiro atoms. The fourth-order valence-electron chi connectivity index (χ4n) is 1.32. The first-order valence-electron chi connectivity index (χ1n) is 4.75. The lowest BCUT2D eigenvalue weighted by atomic mass is 10.2. The number of aryl methyl sites for hydroxylation is 1. The van der Waals surface area contributed by atoms with Crippen LogP contribution in [-0.4, -0.2) is 9.78 Å². The van der Waals surface area contributed by atoms with Crippen molar-refractivity contribution in [3.8, 4) is 0 Å². The van der Waals surface area contributed by atoms with Crippen LogP contribution in [0.3, 0.4) is 0 Å². The monoisotopic (exact) mass is 191 g/mol. The molecular weight excluding hydrogens is 174 g/mol. The van der Waals surface area contributed by atoms with Crippen molar-refractivity contribution in [2.24, 2.45) is 0 Å². The van der Waals surface area contributed by atoms with E-state index in [1.165, 1.54) is 5.57 Å². The molecule has 0 saturated carbocycles. The number of nitrogens with zero attached hydrogens (tertiary/aromatic N) is 2. The number of hydrogen-bond acceptors (Lipinski definition) is 2. The van der Waals surface area contributed by atoms with E-state index in [9.17, 15) is 0 Å². The predicted molar refractivity (Wildman–Crippen MR) is 59.9 cm³/mol. The molecule has 0 atom stereocenters. The molecule has 1 aromatic rings. The molecule has 0 fully saturated rings. The fourth-order valence-corrected chi connectivity index (χ4v) is 1.32. The quantitative estimate of drug-likeness (QED) is 0.745. The zero-order valence-electron chi connectivity index (χ0n) is 8.99. The van der Waals surface area contributed by atoms with E-state index in [4.69, 9.17) is 5.73 Å². The van der Waals surface area contributed by atoms with Crippen molar-refractivity contribution in [3.05, 3.63) is 35.6 Å². The van der Waals surface area contributed by atoms with Gasteiger partial charge in [0.05, 0.1) is 12.2 Å². The number of nitrogen functional groups attached to an aromatic ring is 1. The van der Waals surface area contributed by atoms with Gasteiger partial charge in [0.1, 0.15) is 5.82 Å². The average Bonchev–Trinajstić information content (AvgIpc) is 2.44. The van der Waals surface area contributed by atoms with Gasteiger partial charge in [0.25, 0.3) is 0 Å². The molecule has 0 bridgehead atoms. The zero-order chi connectivity index (χ0) is 10.6. The van der Waals surface area contributed by atoms with E-state index in [0.29, 0.717) is 5.82 Å². The standard InChI is InChI=1S/C11H17N3/c1-4-6-10(5-2)8-14-11(12)7-9(3)13-14/h4-7H,8,12H2,1-3H3. The lowest BCUT2D eigenvalue weighted by molar-refractivity contribution is 0.688. The molecule has 0 amide bonds. The molecule has 0 aliphatic carbocycles. The molecule has 1 heterocycles. The molecular formula is C11H17N3. The van der Waals surface area contributed by atoms with Gasteiger partial charge in [-0.05, 0) is 26.3 Å². The largest absolute Gasteiger partial charge is 0.384 e. The van der Waals surface area contributed by atoms with Gasteiger partial charge in [-0.3, -0.25) is 0 Å². The maximum absolute atomic E-state index is 5.79. The lowest BCUT2D eigenvalue weighted by Crippen LogP contribution is -2.05. The number of nitrogens with two attached hydrogens (primary N) is 1. The van der Waals surface area contributed by atoms with Crippen LogP contribution >= 0.6 is 0 Å². The third-order valence-corrected chi connectivity index (χ3v) is 2.02. The molecule has 76 valence electrons. The predicted octanol–water partition coefficient (Wildman–Crippen LogP) is 2.30. The summed E-state index contributed by atoms with van der Waals surface area (Å²) in [5, 5.41) is 4.30. The molecule has 1 rings (SSSR count). The van der Waals surface area contributed by atoms with E-state index >= 15 is 0 Å². The summed E-state index contributed by atoms with van der Waals surface area (Å²) in [4.78, 5) is 0. The van der Waals surface area contributed by atoms with Gasteiger partial charge in [0, 0.05) is 6.07 Å².